The van der Waals surface area contributed by atoms with Crippen LogP contribution in [0.1, 0.15) is 18.8 Å². The number of hydrogen-bond donors (Lipinski definition) is 2. The van der Waals surface area contributed by atoms with Crippen molar-refractivity contribution < 1.29 is 8.42 Å². The number of para-hydroxylation sites is 1. The summed E-state index contributed by atoms with van der Waals surface area (Å²) in [7, 11) is -3.48. The second-order valence-electron chi connectivity index (χ2n) is 8.20. The van der Waals surface area contributed by atoms with Crippen molar-refractivity contribution in [3.05, 3.63) is 82.1 Å². The van der Waals surface area contributed by atoms with E-state index in [1.165, 1.54) is 17.0 Å². The van der Waals surface area contributed by atoms with E-state index >= 15 is 0 Å². The van der Waals surface area contributed by atoms with Gasteiger partial charge in [0.25, 0.3) is 5.56 Å². The summed E-state index contributed by atoms with van der Waals surface area (Å²) in [5.74, 6) is 0.768. The zero-order valence-corrected chi connectivity index (χ0v) is 22.0. The fraction of sp³-hybridized carbons (Fsp3) is 0.125. The van der Waals surface area contributed by atoms with Gasteiger partial charge in [0.2, 0.25) is 20.1 Å². The van der Waals surface area contributed by atoms with Crippen LogP contribution in [0, 0.1) is 0 Å². The van der Waals surface area contributed by atoms with Crippen LogP contribution in [-0.2, 0) is 9.84 Å². The maximum atomic E-state index is 13.7. The number of nitrogens with zero attached hydrogens (tertiary/aromatic N) is 5. The lowest BCUT2D eigenvalue weighted by Crippen LogP contribution is -2.27. The molecule has 0 unspecified atom stereocenters. The second-order valence-corrected chi connectivity index (χ2v) is 11.8. The molecule has 0 radical (unpaired) electrons. The minimum atomic E-state index is -3.48. The predicted octanol–water partition coefficient (Wildman–Crippen LogP) is 4.11. The van der Waals surface area contributed by atoms with Crippen LogP contribution in [0.4, 0.5) is 11.8 Å². The number of hydrogen-bond acceptors (Lipinski definition) is 10. The first-order chi connectivity index (χ1) is 17.6. The molecule has 2 aromatic carbocycles. The first kappa shape index (κ1) is 24.8. The highest BCUT2D eigenvalue weighted by molar-refractivity contribution is 7.92. The third-order valence-electron chi connectivity index (χ3n) is 5.50. The Labute approximate surface area is 220 Å². The molecule has 3 aromatic heterocycles. The molecule has 13 heteroatoms. The van der Waals surface area contributed by atoms with E-state index in [1.807, 2.05) is 25.1 Å². The summed E-state index contributed by atoms with van der Waals surface area (Å²) in [4.78, 5) is 31.4. The van der Waals surface area contributed by atoms with Gasteiger partial charge in [0.15, 0.2) is 0 Å². The zero-order chi connectivity index (χ0) is 26.3. The van der Waals surface area contributed by atoms with Crippen molar-refractivity contribution in [1.82, 2.24) is 24.5 Å². The molecule has 5 rings (SSSR count). The molecule has 0 fully saturated rings. The number of nitrogen functional groups attached to an aromatic ring is 1. The van der Waals surface area contributed by atoms with Gasteiger partial charge in [-0.1, -0.05) is 35.9 Å². The Morgan fingerprint density at radius 1 is 1.05 bits per heavy atom. The highest BCUT2D eigenvalue weighted by atomic mass is 35.5. The Bertz CT molecular complexity index is 1800. The van der Waals surface area contributed by atoms with Crippen LogP contribution in [0.25, 0.3) is 27.0 Å². The topological polar surface area (TPSA) is 146 Å². The molecule has 5 aromatic rings. The standard InChI is InChI=1S/C24H20ClN7O3S2/c1-13(29-20-15(11-27-23(26)31-20)18-12-28-24(36-18)37(2,34)35)21-30-17-10-6-9-16(25)19(17)22(33)32(21)14-7-4-3-5-8-14/h3-13H,1-2H3,(H3,26,27,29,31)/t13-/m0/s1. The molecule has 0 saturated heterocycles. The van der Waals surface area contributed by atoms with Gasteiger partial charge in [-0.2, -0.15) is 4.98 Å². The summed E-state index contributed by atoms with van der Waals surface area (Å²) in [6.07, 6.45) is 4.04. The highest BCUT2D eigenvalue weighted by Crippen LogP contribution is 2.34. The van der Waals surface area contributed by atoms with Gasteiger partial charge >= 0.3 is 0 Å². The van der Waals surface area contributed by atoms with Crippen molar-refractivity contribution in [2.75, 3.05) is 17.3 Å². The molecule has 0 aliphatic heterocycles. The second kappa shape index (κ2) is 9.54. The lowest BCUT2D eigenvalue weighted by molar-refractivity contribution is 0.601. The number of benzene rings is 2. The molecule has 0 saturated carbocycles. The van der Waals surface area contributed by atoms with Gasteiger partial charge in [0, 0.05) is 18.6 Å². The maximum Gasteiger partial charge on any atom is 0.267 e. The van der Waals surface area contributed by atoms with Crippen molar-refractivity contribution in [3.63, 3.8) is 0 Å². The fourth-order valence-corrected chi connectivity index (χ4v) is 5.86. The molecule has 0 aliphatic rings. The van der Waals surface area contributed by atoms with Crippen molar-refractivity contribution >= 4 is 55.4 Å². The van der Waals surface area contributed by atoms with Crippen LogP contribution in [0.3, 0.4) is 0 Å². The van der Waals surface area contributed by atoms with Crippen LogP contribution in [-0.4, -0.2) is 39.2 Å². The van der Waals surface area contributed by atoms with Gasteiger partial charge in [-0.05, 0) is 31.2 Å². The van der Waals surface area contributed by atoms with Gasteiger partial charge in [0.1, 0.15) is 11.6 Å². The van der Waals surface area contributed by atoms with Gasteiger partial charge in [0.05, 0.1) is 38.1 Å². The quantitative estimate of drug-likeness (QED) is 0.317. The smallest absolute Gasteiger partial charge is 0.267 e. The van der Waals surface area contributed by atoms with Crippen molar-refractivity contribution in [2.45, 2.75) is 17.3 Å². The molecule has 0 spiro atoms. The van der Waals surface area contributed by atoms with Crippen molar-refractivity contribution in [3.8, 4) is 16.1 Å². The van der Waals surface area contributed by atoms with Gasteiger partial charge in [-0.15, -0.1) is 11.3 Å². The highest BCUT2D eigenvalue weighted by Gasteiger charge is 2.22. The summed E-state index contributed by atoms with van der Waals surface area (Å²) in [6.45, 7) is 1.83. The molecule has 3 heterocycles. The first-order valence-corrected chi connectivity index (χ1v) is 14.0. The van der Waals surface area contributed by atoms with E-state index < -0.39 is 15.9 Å². The number of anilines is 2. The van der Waals surface area contributed by atoms with E-state index in [9.17, 15) is 13.2 Å². The molecule has 37 heavy (non-hydrogen) atoms. The first-order valence-electron chi connectivity index (χ1n) is 11.0. The third-order valence-corrected chi connectivity index (χ3v) is 8.54. The molecule has 0 aliphatic carbocycles. The lowest BCUT2D eigenvalue weighted by Gasteiger charge is -2.21. The Balaban J connectivity index is 1.65. The summed E-state index contributed by atoms with van der Waals surface area (Å²) in [6, 6.07) is 13.7. The zero-order valence-electron chi connectivity index (χ0n) is 19.6. The normalized spacial score (nSPS) is 12.5. The fourth-order valence-electron chi connectivity index (χ4n) is 3.83. The Morgan fingerprint density at radius 3 is 2.51 bits per heavy atom. The molecular formula is C24H20ClN7O3S2. The monoisotopic (exact) mass is 553 g/mol. The number of thiazole rings is 1. The molecular weight excluding hydrogens is 534 g/mol. The van der Waals surface area contributed by atoms with Gasteiger partial charge < -0.3 is 11.1 Å². The molecule has 0 amide bonds. The third kappa shape index (κ3) is 4.78. The van der Waals surface area contributed by atoms with Gasteiger partial charge in [-0.25, -0.2) is 23.4 Å². The number of sulfone groups is 1. The predicted molar refractivity (Wildman–Crippen MR) is 145 cm³/mol. The minimum Gasteiger partial charge on any atom is -0.368 e. The van der Waals surface area contributed by atoms with Crippen LogP contribution in [0.15, 0.2) is 70.1 Å². The van der Waals surface area contributed by atoms with Crippen LogP contribution in [0.5, 0.6) is 0 Å². The Kier molecular flexibility index (Phi) is 6.40. The average Bonchev–Trinajstić information content (AvgIpc) is 3.35. The summed E-state index contributed by atoms with van der Waals surface area (Å²) >= 11 is 7.37. The minimum absolute atomic E-state index is 0.0185. The number of rotatable bonds is 6. The number of fused-ring (bicyclic) bond motifs is 1. The Hall–Kier alpha value is -3.87. The van der Waals surface area contributed by atoms with E-state index in [0.717, 1.165) is 17.6 Å². The molecule has 10 nitrogen and oxygen atoms in total. The number of halogens is 1. The molecule has 3 N–H and O–H groups in total. The number of nitrogens with two attached hydrogens (primary N) is 1. The van der Waals surface area contributed by atoms with Crippen molar-refractivity contribution in [1.29, 1.82) is 0 Å². The number of aromatic nitrogens is 5. The molecule has 1 atom stereocenters. The van der Waals surface area contributed by atoms with Crippen molar-refractivity contribution in [2.24, 2.45) is 0 Å². The van der Waals surface area contributed by atoms with Gasteiger partial charge in [-0.3, -0.25) is 9.36 Å². The number of nitrogens with one attached hydrogen (secondary N) is 1. The average molecular weight is 554 g/mol. The lowest BCUT2D eigenvalue weighted by atomic mass is 10.2. The van der Waals surface area contributed by atoms with E-state index in [1.54, 1.807) is 30.3 Å². The van der Waals surface area contributed by atoms with E-state index in [2.05, 4.69) is 20.3 Å². The summed E-state index contributed by atoms with van der Waals surface area (Å²) in [5.41, 5.74) is 7.14. The summed E-state index contributed by atoms with van der Waals surface area (Å²) < 4.78 is 25.4. The molecule has 0 bridgehead atoms. The summed E-state index contributed by atoms with van der Waals surface area (Å²) in [5, 5.41) is 3.90. The van der Waals surface area contributed by atoms with E-state index in [0.29, 0.717) is 43.7 Å². The van der Waals surface area contributed by atoms with E-state index in [4.69, 9.17) is 22.3 Å². The van der Waals surface area contributed by atoms with Crippen LogP contribution < -0.4 is 16.6 Å². The largest absolute Gasteiger partial charge is 0.368 e. The molecule has 188 valence electrons. The van der Waals surface area contributed by atoms with Crippen LogP contribution in [0.2, 0.25) is 5.02 Å². The maximum absolute atomic E-state index is 13.7. The Morgan fingerprint density at radius 2 is 1.81 bits per heavy atom. The van der Waals surface area contributed by atoms with E-state index in [-0.39, 0.29) is 15.8 Å². The SMILES string of the molecule is C[C@H](Nc1nc(N)ncc1-c1cnc(S(C)(=O)=O)s1)c1nc2cccc(Cl)c2c(=O)n1-c1ccccc1. The van der Waals surface area contributed by atoms with Crippen LogP contribution >= 0.6 is 22.9 Å².